The molecule has 1 aromatic heterocycles. The third kappa shape index (κ3) is 3.80. The largest absolute Gasteiger partial charge is 0.467 e. The summed E-state index contributed by atoms with van der Waals surface area (Å²) in [5.74, 6) is 0.483. The van der Waals surface area contributed by atoms with Crippen molar-refractivity contribution in [2.75, 3.05) is 38.3 Å². The van der Waals surface area contributed by atoms with Gasteiger partial charge in [-0.1, -0.05) is 0 Å². The Hall–Kier alpha value is -2.87. The van der Waals surface area contributed by atoms with Gasteiger partial charge in [0.2, 0.25) is 0 Å². The molecule has 2 aromatic rings. The molecule has 0 bridgehead atoms. The molecule has 0 radical (unpaired) electrons. The summed E-state index contributed by atoms with van der Waals surface area (Å²) >= 11 is 0. The first-order chi connectivity index (χ1) is 12.1. The number of nitrogens with zero attached hydrogens (tertiary/aromatic N) is 3. The highest BCUT2D eigenvalue weighted by Gasteiger charge is 2.24. The fraction of sp³-hybridized carbons (Fsp3) is 0.353. The molecule has 25 heavy (non-hydrogen) atoms. The zero-order valence-electron chi connectivity index (χ0n) is 13.9. The first kappa shape index (κ1) is 17.0. The summed E-state index contributed by atoms with van der Waals surface area (Å²) in [6, 6.07) is 8.14. The van der Waals surface area contributed by atoms with E-state index >= 15 is 0 Å². The van der Waals surface area contributed by atoms with Crippen LogP contribution in [0.2, 0.25) is 0 Å². The summed E-state index contributed by atoms with van der Waals surface area (Å²) in [4.78, 5) is 26.9. The minimum Gasteiger partial charge on any atom is -0.467 e. The van der Waals surface area contributed by atoms with Gasteiger partial charge in [-0.3, -0.25) is 14.9 Å². The van der Waals surface area contributed by atoms with Gasteiger partial charge in [-0.2, -0.15) is 0 Å². The van der Waals surface area contributed by atoms with Gasteiger partial charge in [0.1, 0.15) is 11.4 Å². The predicted octanol–water partition coefficient (Wildman–Crippen LogP) is 2.30. The van der Waals surface area contributed by atoms with Gasteiger partial charge < -0.3 is 19.0 Å². The van der Waals surface area contributed by atoms with Gasteiger partial charge in [-0.05, 0) is 24.3 Å². The maximum absolute atomic E-state index is 12.5. The standard InChI is InChI=1S/C17H19N3O5/c1-18(12-14-3-2-8-25-14)15-5-4-13(11-16(15)20(22)23)17(21)19-6-9-24-10-7-19/h2-5,8,11H,6-7,9-10,12H2,1H3. The molecule has 0 saturated carbocycles. The lowest BCUT2D eigenvalue weighted by Gasteiger charge is -2.27. The fourth-order valence-electron chi connectivity index (χ4n) is 2.80. The highest BCUT2D eigenvalue weighted by atomic mass is 16.6. The van der Waals surface area contributed by atoms with E-state index < -0.39 is 4.92 Å². The van der Waals surface area contributed by atoms with Crippen LogP contribution in [-0.4, -0.2) is 49.1 Å². The van der Waals surface area contributed by atoms with Crippen LogP contribution in [0.5, 0.6) is 0 Å². The second-order valence-electron chi connectivity index (χ2n) is 5.80. The Labute approximate surface area is 144 Å². The van der Waals surface area contributed by atoms with Crippen LogP contribution < -0.4 is 4.90 Å². The maximum atomic E-state index is 12.5. The molecule has 0 spiro atoms. The lowest BCUT2D eigenvalue weighted by molar-refractivity contribution is -0.384. The average molecular weight is 345 g/mol. The Morgan fingerprint density at radius 1 is 1.32 bits per heavy atom. The lowest BCUT2D eigenvalue weighted by Crippen LogP contribution is -2.40. The molecule has 0 N–H and O–H groups in total. The topological polar surface area (TPSA) is 89.1 Å². The van der Waals surface area contributed by atoms with E-state index in [-0.39, 0.29) is 11.6 Å². The molecular weight excluding hydrogens is 326 g/mol. The molecule has 0 unspecified atom stereocenters. The van der Waals surface area contributed by atoms with Gasteiger partial charge in [0.25, 0.3) is 11.6 Å². The SMILES string of the molecule is CN(Cc1ccco1)c1ccc(C(=O)N2CCOCC2)cc1[N+](=O)[O-]. The van der Waals surface area contributed by atoms with Gasteiger partial charge in [-0.25, -0.2) is 0 Å². The Morgan fingerprint density at radius 3 is 2.72 bits per heavy atom. The van der Waals surface area contributed by atoms with Crippen molar-refractivity contribution in [3.63, 3.8) is 0 Å². The first-order valence-electron chi connectivity index (χ1n) is 7.95. The monoisotopic (exact) mass is 345 g/mol. The number of carbonyl (C=O) groups excluding carboxylic acids is 1. The molecule has 3 rings (SSSR count). The molecule has 0 atom stereocenters. The third-order valence-corrected chi connectivity index (χ3v) is 4.10. The number of nitro groups is 1. The zero-order valence-corrected chi connectivity index (χ0v) is 13.9. The molecule has 132 valence electrons. The summed E-state index contributed by atoms with van der Waals surface area (Å²) in [7, 11) is 1.74. The lowest BCUT2D eigenvalue weighted by atomic mass is 10.1. The molecule has 8 nitrogen and oxygen atoms in total. The number of hydrogen-bond acceptors (Lipinski definition) is 6. The second kappa shape index (κ2) is 7.35. The van der Waals surface area contributed by atoms with Crippen molar-refractivity contribution in [3.05, 3.63) is 58.0 Å². The predicted molar refractivity (Wildman–Crippen MR) is 90.6 cm³/mol. The van der Waals surface area contributed by atoms with Crippen molar-refractivity contribution < 1.29 is 18.9 Å². The van der Waals surface area contributed by atoms with E-state index in [1.165, 1.54) is 6.07 Å². The second-order valence-corrected chi connectivity index (χ2v) is 5.80. The number of ether oxygens (including phenoxy) is 1. The Bertz CT molecular complexity index is 754. The van der Waals surface area contributed by atoms with Crippen LogP contribution in [0.1, 0.15) is 16.1 Å². The Kier molecular flexibility index (Phi) is 4.99. The number of carbonyl (C=O) groups is 1. The van der Waals surface area contributed by atoms with E-state index in [0.29, 0.717) is 49.9 Å². The Morgan fingerprint density at radius 2 is 2.08 bits per heavy atom. The molecule has 1 aliphatic rings. The van der Waals surface area contributed by atoms with Crippen LogP contribution in [0, 0.1) is 10.1 Å². The molecule has 0 aliphatic carbocycles. The van der Waals surface area contributed by atoms with Gasteiger partial charge in [0.15, 0.2) is 0 Å². The molecule has 1 amide bonds. The van der Waals surface area contributed by atoms with Gasteiger partial charge >= 0.3 is 0 Å². The van der Waals surface area contributed by atoms with E-state index in [1.807, 2.05) is 0 Å². The molecular formula is C17H19N3O5. The Balaban J connectivity index is 1.84. The smallest absolute Gasteiger partial charge is 0.293 e. The number of benzene rings is 1. The van der Waals surface area contributed by atoms with Crippen LogP contribution in [0.15, 0.2) is 41.0 Å². The number of rotatable bonds is 5. The van der Waals surface area contributed by atoms with Gasteiger partial charge in [0, 0.05) is 31.8 Å². The van der Waals surface area contributed by atoms with Crippen molar-refractivity contribution >= 4 is 17.3 Å². The van der Waals surface area contributed by atoms with E-state index in [1.54, 1.807) is 47.4 Å². The normalized spacial score (nSPS) is 14.4. The molecule has 1 aliphatic heterocycles. The van der Waals surface area contributed by atoms with Crippen molar-refractivity contribution in [2.24, 2.45) is 0 Å². The zero-order chi connectivity index (χ0) is 17.8. The van der Waals surface area contributed by atoms with Crippen molar-refractivity contribution in [2.45, 2.75) is 6.54 Å². The number of anilines is 1. The highest BCUT2D eigenvalue weighted by molar-refractivity contribution is 5.95. The minimum atomic E-state index is -0.468. The average Bonchev–Trinajstić information content (AvgIpc) is 3.14. The fourth-order valence-corrected chi connectivity index (χ4v) is 2.80. The van der Waals surface area contributed by atoms with Gasteiger partial charge in [0.05, 0.1) is 30.9 Å². The number of morpholine rings is 1. The molecule has 1 saturated heterocycles. The number of nitro benzene ring substituents is 1. The van der Waals surface area contributed by atoms with E-state index in [9.17, 15) is 14.9 Å². The van der Waals surface area contributed by atoms with Crippen LogP contribution in [-0.2, 0) is 11.3 Å². The van der Waals surface area contributed by atoms with Crippen LogP contribution in [0.4, 0.5) is 11.4 Å². The summed E-state index contributed by atoms with van der Waals surface area (Å²) in [6.07, 6.45) is 1.56. The quantitative estimate of drug-likeness (QED) is 0.610. The van der Waals surface area contributed by atoms with E-state index in [0.717, 1.165) is 0 Å². The van der Waals surface area contributed by atoms with Crippen molar-refractivity contribution in [3.8, 4) is 0 Å². The third-order valence-electron chi connectivity index (χ3n) is 4.10. The van der Waals surface area contributed by atoms with Crippen molar-refractivity contribution in [1.82, 2.24) is 4.90 Å². The summed E-state index contributed by atoms with van der Waals surface area (Å²) < 4.78 is 10.5. The summed E-state index contributed by atoms with van der Waals surface area (Å²) in [5.41, 5.74) is 0.636. The summed E-state index contributed by atoms with van der Waals surface area (Å²) in [5, 5.41) is 11.5. The first-order valence-corrected chi connectivity index (χ1v) is 7.95. The highest BCUT2D eigenvalue weighted by Crippen LogP contribution is 2.30. The molecule has 1 fully saturated rings. The number of amides is 1. The number of furan rings is 1. The van der Waals surface area contributed by atoms with Crippen molar-refractivity contribution in [1.29, 1.82) is 0 Å². The van der Waals surface area contributed by atoms with E-state index in [2.05, 4.69) is 0 Å². The van der Waals surface area contributed by atoms with Crippen LogP contribution in [0.25, 0.3) is 0 Å². The minimum absolute atomic E-state index is 0.104. The number of hydrogen-bond donors (Lipinski definition) is 0. The van der Waals surface area contributed by atoms with Crippen LogP contribution >= 0.6 is 0 Å². The summed E-state index contributed by atoms with van der Waals surface area (Å²) in [6.45, 7) is 2.35. The van der Waals surface area contributed by atoms with Crippen LogP contribution in [0.3, 0.4) is 0 Å². The van der Waals surface area contributed by atoms with Gasteiger partial charge in [-0.15, -0.1) is 0 Å². The van der Waals surface area contributed by atoms with E-state index in [4.69, 9.17) is 9.15 Å². The maximum Gasteiger partial charge on any atom is 0.293 e. The molecule has 1 aromatic carbocycles. The molecule has 2 heterocycles. The molecule has 8 heteroatoms.